The van der Waals surface area contributed by atoms with Crippen molar-refractivity contribution in [1.82, 2.24) is 0 Å². The van der Waals surface area contributed by atoms with Crippen molar-refractivity contribution in [2.75, 3.05) is 13.0 Å². The molecule has 0 saturated heterocycles. The van der Waals surface area contributed by atoms with Crippen molar-refractivity contribution in [2.24, 2.45) is 0 Å². The van der Waals surface area contributed by atoms with Gasteiger partial charge in [0.1, 0.15) is 0 Å². The molecule has 5 nitrogen and oxygen atoms in total. The summed E-state index contributed by atoms with van der Waals surface area (Å²) in [5, 5.41) is 10.7. The third-order valence-corrected chi connectivity index (χ3v) is 2.79. The fourth-order valence-electron chi connectivity index (χ4n) is 1.13. The third-order valence-electron chi connectivity index (χ3n) is 1.89. The summed E-state index contributed by atoms with van der Waals surface area (Å²) in [6, 6.07) is 2.52. The van der Waals surface area contributed by atoms with E-state index in [0.717, 1.165) is 0 Å². The number of benzene rings is 1. The van der Waals surface area contributed by atoms with Crippen molar-refractivity contribution in [1.29, 1.82) is 0 Å². The van der Waals surface area contributed by atoms with Gasteiger partial charge in [0, 0.05) is 16.1 Å². The normalized spacial score (nSPS) is 9.94. The van der Waals surface area contributed by atoms with E-state index in [1.165, 1.54) is 19.2 Å². The molecule has 0 N–H and O–H groups in total. The Bertz CT molecular complexity index is 449. The van der Waals surface area contributed by atoms with Gasteiger partial charge >= 0.3 is 5.69 Å². The number of hydrogen-bond donors (Lipinski definition) is 0. The molecule has 1 aromatic rings. The van der Waals surface area contributed by atoms with Crippen LogP contribution in [-0.4, -0.2) is 23.7 Å². The fourth-order valence-corrected chi connectivity index (χ4v) is 1.83. The predicted molar refractivity (Wildman–Crippen MR) is 62.4 cm³/mol. The highest BCUT2D eigenvalue weighted by Gasteiger charge is 2.20. The zero-order valence-corrected chi connectivity index (χ0v) is 10.5. The molecule has 86 valence electrons. The van der Waals surface area contributed by atoms with Crippen molar-refractivity contribution in [3.8, 4) is 5.75 Å². The minimum atomic E-state index is -0.585. The Hall–Kier alpha value is -1.14. The van der Waals surface area contributed by atoms with Crippen LogP contribution in [0, 0.1) is 10.1 Å². The number of methoxy groups -OCH3 is 1. The van der Waals surface area contributed by atoms with Gasteiger partial charge in [-0.2, -0.15) is 0 Å². The summed E-state index contributed by atoms with van der Waals surface area (Å²) in [5.41, 5.74) is 0.0537. The van der Waals surface area contributed by atoms with Crippen LogP contribution in [-0.2, 0) is 0 Å². The lowest BCUT2D eigenvalue weighted by atomic mass is 10.1. The summed E-state index contributed by atoms with van der Waals surface area (Å²) in [7, 11) is 1.30. The van der Waals surface area contributed by atoms with Crippen LogP contribution >= 0.6 is 27.5 Å². The van der Waals surface area contributed by atoms with Gasteiger partial charge in [0.25, 0.3) is 0 Å². The van der Waals surface area contributed by atoms with Gasteiger partial charge < -0.3 is 4.74 Å². The zero-order valence-electron chi connectivity index (χ0n) is 8.20. The topological polar surface area (TPSA) is 69.4 Å². The number of nitro groups is 1. The first-order chi connectivity index (χ1) is 7.51. The average Bonchev–Trinajstić information content (AvgIpc) is 2.27. The molecule has 0 aromatic heterocycles. The predicted octanol–water partition coefficient (Wildman–Crippen LogP) is 2.79. The van der Waals surface area contributed by atoms with E-state index in [1.807, 2.05) is 0 Å². The molecule has 0 aliphatic heterocycles. The van der Waals surface area contributed by atoms with Gasteiger partial charge in [-0.1, -0.05) is 0 Å². The molecule has 0 unspecified atom stereocenters. The highest BCUT2D eigenvalue weighted by atomic mass is 79.9. The first-order valence-electron chi connectivity index (χ1n) is 4.12. The van der Waals surface area contributed by atoms with Gasteiger partial charge in [-0.3, -0.25) is 14.9 Å². The quantitative estimate of drug-likeness (QED) is 0.371. The van der Waals surface area contributed by atoms with Crippen molar-refractivity contribution in [3.63, 3.8) is 0 Å². The smallest absolute Gasteiger partial charge is 0.312 e. The minimum Gasteiger partial charge on any atom is -0.490 e. The number of nitro benzene ring substituents is 1. The zero-order chi connectivity index (χ0) is 12.3. The van der Waals surface area contributed by atoms with Crippen molar-refractivity contribution >= 4 is 39.0 Å². The number of carbonyl (C=O) groups excluding carboxylic acids is 1. The highest BCUT2D eigenvalue weighted by Crippen LogP contribution is 2.33. The van der Waals surface area contributed by atoms with Crippen LogP contribution in [0.3, 0.4) is 0 Å². The van der Waals surface area contributed by atoms with Crippen LogP contribution < -0.4 is 4.74 Å². The van der Waals surface area contributed by atoms with E-state index in [1.54, 1.807) is 0 Å². The molecule has 1 aromatic carbocycles. The molecule has 1 rings (SSSR count). The van der Waals surface area contributed by atoms with Crippen LogP contribution in [0.2, 0.25) is 0 Å². The Balaban J connectivity index is 3.37. The van der Waals surface area contributed by atoms with Gasteiger partial charge in [-0.25, -0.2) is 0 Å². The van der Waals surface area contributed by atoms with Gasteiger partial charge in [0.15, 0.2) is 11.5 Å². The highest BCUT2D eigenvalue weighted by molar-refractivity contribution is 9.10. The van der Waals surface area contributed by atoms with E-state index < -0.39 is 4.92 Å². The third kappa shape index (κ3) is 2.51. The second-order valence-electron chi connectivity index (χ2n) is 2.82. The first-order valence-corrected chi connectivity index (χ1v) is 5.45. The Kier molecular flexibility index (Phi) is 4.26. The summed E-state index contributed by atoms with van der Waals surface area (Å²) in [4.78, 5) is 21.5. The lowest BCUT2D eigenvalue weighted by Gasteiger charge is -2.06. The summed E-state index contributed by atoms with van der Waals surface area (Å²) in [6.45, 7) is 0. The van der Waals surface area contributed by atoms with E-state index in [4.69, 9.17) is 16.3 Å². The number of Topliss-reactive ketones (excluding diaryl/α,β-unsaturated/α-hetero) is 1. The summed E-state index contributed by atoms with van der Waals surface area (Å²) < 4.78 is 5.16. The van der Waals surface area contributed by atoms with E-state index in [9.17, 15) is 14.9 Å². The second-order valence-corrected chi connectivity index (χ2v) is 3.94. The molecule has 0 atom stereocenters. The van der Waals surface area contributed by atoms with Crippen LogP contribution in [0.4, 0.5) is 5.69 Å². The maximum absolute atomic E-state index is 11.4. The first kappa shape index (κ1) is 12.9. The summed E-state index contributed by atoms with van der Waals surface area (Å²) in [6.07, 6.45) is 0. The number of hydrogen-bond acceptors (Lipinski definition) is 4. The standard InChI is InChI=1S/C9H7BrClNO4/c1-16-9-2-5(8(13)4-11)6(10)3-7(9)12(14)15/h2-3H,4H2,1H3. The van der Waals surface area contributed by atoms with Crippen LogP contribution in [0.1, 0.15) is 10.4 Å². The molecule has 0 aliphatic carbocycles. The van der Waals surface area contributed by atoms with Gasteiger partial charge in [0.05, 0.1) is 17.9 Å². The number of rotatable bonds is 4. The fraction of sp³-hybridized carbons (Fsp3) is 0.222. The Morgan fingerprint density at radius 3 is 2.69 bits per heavy atom. The van der Waals surface area contributed by atoms with E-state index in [0.29, 0.717) is 4.47 Å². The monoisotopic (exact) mass is 307 g/mol. The Labute approximate surface area is 105 Å². The molecule has 0 aliphatic rings. The lowest BCUT2D eigenvalue weighted by molar-refractivity contribution is -0.385. The molecule has 0 heterocycles. The van der Waals surface area contributed by atoms with E-state index >= 15 is 0 Å². The number of carbonyl (C=O) groups is 1. The molecule has 16 heavy (non-hydrogen) atoms. The molecule has 0 spiro atoms. The Morgan fingerprint density at radius 1 is 1.62 bits per heavy atom. The second kappa shape index (κ2) is 5.27. The maximum Gasteiger partial charge on any atom is 0.312 e. The largest absolute Gasteiger partial charge is 0.490 e. The van der Waals surface area contributed by atoms with Gasteiger partial charge in [0.2, 0.25) is 0 Å². The summed E-state index contributed by atoms with van der Waals surface area (Å²) in [5.74, 6) is -0.497. The van der Waals surface area contributed by atoms with Gasteiger partial charge in [-0.15, -0.1) is 11.6 Å². The van der Waals surface area contributed by atoms with Crippen molar-refractivity contribution in [2.45, 2.75) is 0 Å². The number of nitrogens with zero attached hydrogens (tertiary/aromatic N) is 1. The lowest BCUT2D eigenvalue weighted by Crippen LogP contribution is -2.03. The maximum atomic E-state index is 11.4. The molecule has 0 radical (unpaired) electrons. The number of halogens is 2. The van der Waals surface area contributed by atoms with E-state index in [-0.39, 0.29) is 28.7 Å². The number of ether oxygens (including phenoxy) is 1. The SMILES string of the molecule is COc1cc(C(=O)CCl)c(Br)cc1[N+](=O)[O-]. The molecule has 0 amide bonds. The van der Waals surface area contributed by atoms with Crippen molar-refractivity contribution < 1.29 is 14.5 Å². The molecular formula is C9H7BrClNO4. The number of ketones is 1. The molecule has 0 bridgehead atoms. The molecular weight excluding hydrogens is 301 g/mol. The molecule has 0 fully saturated rings. The summed E-state index contributed by atoms with van der Waals surface area (Å²) >= 11 is 8.49. The van der Waals surface area contributed by atoms with Crippen LogP contribution in [0.25, 0.3) is 0 Å². The Morgan fingerprint density at radius 2 is 2.25 bits per heavy atom. The number of alkyl halides is 1. The van der Waals surface area contributed by atoms with Crippen LogP contribution in [0.15, 0.2) is 16.6 Å². The molecule has 7 heteroatoms. The average molecular weight is 309 g/mol. The minimum absolute atomic E-state index is 0.0293. The van der Waals surface area contributed by atoms with Crippen molar-refractivity contribution in [3.05, 3.63) is 32.3 Å². The van der Waals surface area contributed by atoms with Gasteiger partial charge in [-0.05, 0) is 22.0 Å². The van der Waals surface area contributed by atoms with Crippen LogP contribution in [0.5, 0.6) is 5.75 Å². The molecule has 0 saturated carbocycles. The van der Waals surface area contributed by atoms with E-state index in [2.05, 4.69) is 15.9 Å².